The molecule has 1 unspecified atom stereocenters. The maximum Gasteiger partial charge on any atom is 0.370 e. The molecule has 0 bridgehead atoms. The number of carboxylic acid groups (broad SMARTS) is 1. The minimum atomic E-state index is -1.27. The van der Waals surface area contributed by atoms with Crippen molar-refractivity contribution in [1.82, 2.24) is 0 Å². The van der Waals surface area contributed by atoms with Gasteiger partial charge in [-0.1, -0.05) is 0 Å². The van der Waals surface area contributed by atoms with Gasteiger partial charge < -0.3 is 14.9 Å². The zero-order chi connectivity index (χ0) is 7.44. The van der Waals surface area contributed by atoms with Gasteiger partial charge >= 0.3 is 5.97 Å². The van der Waals surface area contributed by atoms with Crippen molar-refractivity contribution in [1.29, 1.82) is 0 Å². The fourth-order valence-electron chi connectivity index (χ4n) is 0.256. The summed E-state index contributed by atoms with van der Waals surface area (Å²) in [5.74, 6) is -1.72. The first-order valence-corrected chi connectivity index (χ1v) is 2.31. The van der Waals surface area contributed by atoms with E-state index >= 15 is 0 Å². The van der Waals surface area contributed by atoms with Crippen LogP contribution in [-0.2, 0) is 9.53 Å². The molecule has 0 aliphatic heterocycles. The summed E-state index contributed by atoms with van der Waals surface area (Å²) in [7, 11) is 0. The Morgan fingerprint density at radius 3 is 2.33 bits per heavy atom. The summed E-state index contributed by atoms with van der Waals surface area (Å²) in [6.07, 6.45) is -1.12. The van der Waals surface area contributed by atoms with Crippen molar-refractivity contribution in [3.63, 3.8) is 0 Å². The Labute approximate surface area is 52.4 Å². The highest BCUT2D eigenvalue weighted by atomic mass is 16.6. The number of aliphatic hydroxyl groups is 1. The Morgan fingerprint density at radius 2 is 2.22 bits per heavy atom. The second-order valence-electron chi connectivity index (χ2n) is 1.45. The van der Waals surface area contributed by atoms with Crippen molar-refractivity contribution in [2.24, 2.45) is 0 Å². The standard InChI is InChI=1S/C5H8O4/c1-3(5(7)8)9-4(2)6/h4,6H,1H2,2H3,(H,7,8). The zero-order valence-corrected chi connectivity index (χ0v) is 5.00. The lowest BCUT2D eigenvalue weighted by atomic mass is 10.6. The second kappa shape index (κ2) is 3.09. The summed E-state index contributed by atoms with van der Waals surface area (Å²) >= 11 is 0. The lowest BCUT2D eigenvalue weighted by Gasteiger charge is -2.05. The van der Waals surface area contributed by atoms with E-state index in [4.69, 9.17) is 10.2 Å². The van der Waals surface area contributed by atoms with Crippen LogP contribution < -0.4 is 0 Å². The molecule has 1 atom stereocenters. The van der Waals surface area contributed by atoms with E-state index in [1.54, 1.807) is 0 Å². The predicted octanol–water partition coefficient (Wildman–Crippen LogP) is -0.0604. The molecule has 0 rings (SSSR count). The molecule has 9 heavy (non-hydrogen) atoms. The normalized spacial score (nSPS) is 12.2. The van der Waals surface area contributed by atoms with Crippen molar-refractivity contribution >= 4 is 5.97 Å². The highest BCUT2D eigenvalue weighted by Gasteiger charge is 2.06. The van der Waals surface area contributed by atoms with Crippen molar-refractivity contribution in [3.8, 4) is 0 Å². The van der Waals surface area contributed by atoms with Crippen LogP contribution in [0.1, 0.15) is 6.92 Å². The van der Waals surface area contributed by atoms with Gasteiger partial charge in [0.2, 0.25) is 0 Å². The predicted molar refractivity (Wildman–Crippen MR) is 29.5 cm³/mol. The molecule has 0 amide bonds. The number of aliphatic carboxylic acids is 1. The summed E-state index contributed by atoms with van der Waals surface area (Å²) in [4.78, 5) is 9.90. The van der Waals surface area contributed by atoms with Gasteiger partial charge in [0.1, 0.15) is 0 Å². The summed E-state index contributed by atoms with van der Waals surface area (Å²) in [6, 6.07) is 0. The van der Waals surface area contributed by atoms with Crippen LogP contribution in [0.2, 0.25) is 0 Å². The Balaban J connectivity index is 3.65. The summed E-state index contributed by atoms with van der Waals surface area (Å²) < 4.78 is 4.27. The zero-order valence-electron chi connectivity index (χ0n) is 5.00. The minimum absolute atomic E-state index is 0.454. The molecule has 0 saturated heterocycles. The van der Waals surface area contributed by atoms with Gasteiger partial charge in [-0.25, -0.2) is 4.79 Å². The molecule has 0 aliphatic rings. The van der Waals surface area contributed by atoms with E-state index < -0.39 is 18.0 Å². The molecule has 0 aromatic rings. The van der Waals surface area contributed by atoms with E-state index in [9.17, 15) is 4.79 Å². The van der Waals surface area contributed by atoms with Crippen LogP contribution in [0.5, 0.6) is 0 Å². The third kappa shape index (κ3) is 3.54. The van der Waals surface area contributed by atoms with Crippen LogP contribution in [0.3, 0.4) is 0 Å². The summed E-state index contributed by atoms with van der Waals surface area (Å²) in [5, 5.41) is 16.5. The minimum Gasteiger partial charge on any atom is -0.475 e. The number of carbonyl (C=O) groups is 1. The van der Waals surface area contributed by atoms with Crippen molar-refractivity contribution in [3.05, 3.63) is 12.3 Å². The third-order valence-electron chi connectivity index (χ3n) is 0.551. The number of ether oxygens (including phenoxy) is 1. The second-order valence-corrected chi connectivity index (χ2v) is 1.45. The van der Waals surface area contributed by atoms with Crippen LogP contribution in [0.4, 0.5) is 0 Å². The molecule has 0 aromatic carbocycles. The average molecular weight is 132 g/mol. The number of hydrogen-bond donors (Lipinski definition) is 2. The van der Waals surface area contributed by atoms with Gasteiger partial charge in [0.15, 0.2) is 12.0 Å². The number of hydrogen-bond acceptors (Lipinski definition) is 3. The first-order chi connectivity index (χ1) is 4.04. The quantitative estimate of drug-likeness (QED) is 0.320. The van der Waals surface area contributed by atoms with E-state index in [0.29, 0.717) is 0 Å². The topological polar surface area (TPSA) is 66.8 Å². The molecular formula is C5H8O4. The Bertz CT molecular complexity index is 127. The number of aliphatic hydroxyl groups excluding tert-OH is 1. The molecule has 0 aromatic heterocycles. The lowest BCUT2D eigenvalue weighted by Crippen LogP contribution is -2.11. The van der Waals surface area contributed by atoms with Gasteiger partial charge in [-0.3, -0.25) is 0 Å². The molecule has 0 heterocycles. The number of carboxylic acids is 1. The molecule has 0 aliphatic carbocycles. The molecule has 0 fully saturated rings. The van der Waals surface area contributed by atoms with Crippen LogP contribution in [0.15, 0.2) is 12.3 Å². The van der Waals surface area contributed by atoms with E-state index in [1.807, 2.05) is 0 Å². The van der Waals surface area contributed by atoms with E-state index in [2.05, 4.69) is 11.3 Å². The van der Waals surface area contributed by atoms with Crippen molar-refractivity contribution in [2.45, 2.75) is 13.2 Å². The Hall–Kier alpha value is -1.03. The maximum atomic E-state index is 9.90. The van der Waals surface area contributed by atoms with Crippen molar-refractivity contribution < 1.29 is 19.7 Å². The van der Waals surface area contributed by atoms with Crippen LogP contribution in [0, 0.1) is 0 Å². The molecule has 4 heteroatoms. The Morgan fingerprint density at radius 1 is 1.78 bits per heavy atom. The molecule has 52 valence electrons. The van der Waals surface area contributed by atoms with Crippen LogP contribution in [-0.4, -0.2) is 22.5 Å². The first-order valence-electron chi connectivity index (χ1n) is 2.31. The van der Waals surface area contributed by atoms with Gasteiger partial charge in [-0.2, -0.15) is 0 Å². The van der Waals surface area contributed by atoms with Gasteiger partial charge in [-0.15, -0.1) is 0 Å². The highest BCUT2D eigenvalue weighted by molar-refractivity contribution is 5.83. The fraction of sp³-hybridized carbons (Fsp3) is 0.400. The first kappa shape index (κ1) is 7.97. The van der Waals surface area contributed by atoms with Crippen LogP contribution >= 0.6 is 0 Å². The van der Waals surface area contributed by atoms with E-state index in [0.717, 1.165) is 0 Å². The monoisotopic (exact) mass is 132 g/mol. The SMILES string of the molecule is C=C(OC(C)O)C(=O)O. The Kier molecular flexibility index (Phi) is 2.73. The van der Waals surface area contributed by atoms with Gasteiger partial charge in [0, 0.05) is 0 Å². The molecule has 4 nitrogen and oxygen atoms in total. The van der Waals surface area contributed by atoms with Crippen LogP contribution in [0.25, 0.3) is 0 Å². The molecule has 0 saturated carbocycles. The molecule has 0 radical (unpaired) electrons. The lowest BCUT2D eigenvalue weighted by molar-refractivity contribution is -0.142. The maximum absolute atomic E-state index is 9.90. The average Bonchev–Trinajstić information content (AvgIpc) is 1.63. The molecule has 2 N–H and O–H groups in total. The molecule has 0 spiro atoms. The van der Waals surface area contributed by atoms with Gasteiger partial charge in [0.25, 0.3) is 0 Å². The highest BCUT2D eigenvalue weighted by Crippen LogP contribution is 1.95. The van der Waals surface area contributed by atoms with Gasteiger partial charge in [-0.05, 0) is 13.5 Å². The van der Waals surface area contributed by atoms with Crippen molar-refractivity contribution in [2.75, 3.05) is 0 Å². The third-order valence-corrected chi connectivity index (χ3v) is 0.551. The smallest absolute Gasteiger partial charge is 0.370 e. The summed E-state index contributed by atoms with van der Waals surface area (Å²) in [5.41, 5.74) is 0. The van der Waals surface area contributed by atoms with E-state index in [1.165, 1.54) is 6.92 Å². The van der Waals surface area contributed by atoms with E-state index in [-0.39, 0.29) is 0 Å². The summed E-state index contributed by atoms with van der Waals surface area (Å²) in [6.45, 7) is 4.31. The van der Waals surface area contributed by atoms with Gasteiger partial charge in [0.05, 0.1) is 0 Å². The fourth-order valence-corrected chi connectivity index (χ4v) is 0.256. The number of rotatable bonds is 3. The molecular weight excluding hydrogens is 124 g/mol. The largest absolute Gasteiger partial charge is 0.475 e.